The minimum Gasteiger partial charge on any atom is -0.493 e. The molecule has 1 aromatic heterocycles. The highest BCUT2D eigenvalue weighted by Gasteiger charge is 2.44. The topological polar surface area (TPSA) is 84.1 Å². The Morgan fingerprint density at radius 3 is 2.13 bits per heavy atom. The van der Waals surface area contributed by atoms with Crippen LogP contribution in [0.3, 0.4) is 0 Å². The molecule has 2 aromatic carbocycles. The van der Waals surface area contributed by atoms with E-state index in [0.717, 1.165) is 27.7 Å². The van der Waals surface area contributed by atoms with Crippen molar-refractivity contribution in [2.24, 2.45) is 11.8 Å². The van der Waals surface area contributed by atoms with E-state index in [9.17, 15) is 9.59 Å². The van der Waals surface area contributed by atoms with Crippen LogP contribution in [-0.4, -0.2) is 72.8 Å². The van der Waals surface area contributed by atoms with E-state index in [2.05, 4.69) is 18.8 Å². The maximum absolute atomic E-state index is 13.6. The molecule has 0 bridgehead atoms. The molecule has 0 radical (unpaired) electrons. The van der Waals surface area contributed by atoms with Crippen molar-refractivity contribution in [1.82, 2.24) is 14.8 Å². The smallest absolute Gasteiger partial charge is 0.410 e. The van der Waals surface area contributed by atoms with Gasteiger partial charge in [0, 0.05) is 60.0 Å². The second-order valence-electron chi connectivity index (χ2n) is 12.0. The zero-order valence-electron chi connectivity index (χ0n) is 24.0. The number of fused-ring (bicyclic) bond motifs is 2. The third-order valence-electron chi connectivity index (χ3n) is 7.76. The first-order chi connectivity index (χ1) is 18.5. The van der Waals surface area contributed by atoms with Gasteiger partial charge in [0.25, 0.3) is 5.91 Å². The molecule has 0 spiro atoms. The van der Waals surface area contributed by atoms with Crippen LogP contribution in [0.2, 0.25) is 0 Å². The summed E-state index contributed by atoms with van der Waals surface area (Å²) >= 11 is 0. The number of carbonyl (C=O) groups excluding carboxylic acids is 2. The lowest BCUT2D eigenvalue weighted by Crippen LogP contribution is -2.38. The number of ether oxygens (including phenoxy) is 3. The molecule has 2 amide bonds. The summed E-state index contributed by atoms with van der Waals surface area (Å²) in [4.78, 5) is 33.5. The molecule has 2 saturated heterocycles. The molecular formula is C31H39N3O5. The van der Waals surface area contributed by atoms with Crippen molar-refractivity contribution in [3.8, 4) is 22.8 Å². The van der Waals surface area contributed by atoms with Gasteiger partial charge >= 0.3 is 6.09 Å². The van der Waals surface area contributed by atoms with E-state index in [1.165, 1.54) is 0 Å². The number of benzene rings is 2. The zero-order valence-corrected chi connectivity index (χ0v) is 24.0. The Kier molecular flexibility index (Phi) is 6.99. The largest absolute Gasteiger partial charge is 0.493 e. The first-order valence-electron chi connectivity index (χ1n) is 13.6. The number of H-pyrrole nitrogens is 1. The van der Waals surface area contributed by atoms with E-state index in [0.29, 0.717) is 43.2 Å². The Balaban J connectivity index is 1.37. The lowest BCUT2D eigenvalue weighted by atomic mass is 9.95. The number of hydrogen-bond acceptors (Lipinski definition) is 5. The molecule has 0 saturated carbocycles. The van der Waals surface area contributed by atoms with Crippen LogP contribution in [0.1, 0.15) is 56.5 Å². The number of likely N-dealkylation sites (tertiary alicyclic amines) is 2. The van der Waals surface area contributed by atoms with E-state index >= 15 is 0 Å². The van der Waals surface area contributed by atoms with Crippen LogP contribution in [0.5, 0.6) is 11.5 Å². The van der Waals surface area contributed by atoms with Crippen LogP contribution in [0.15, 0.2) is 36.4 Å². The van der Waals surface area contributed by atoms with E-state index in [-0.39, 0.29) is 29.8 Å². The number of hydrogen-bond donors (Lipinski definition) is 1. The summed E-state index contributed by atoms with van der Waals surface area (Å²) in [5, 5.41) is 1.05. The Labute approximate surface area is 230 Å². The minimum absolute atomic E-state index is 0.0405. The van der Waals surface area contributed by atoms with E-state index in [1.54, 1.807) is 19.1 Å². The highest BCUT2D eigenvalue weighted by atomic mass is 16.6. The third kappa shape index (κ3) is 5.16. The molecule has 1 N–H and O–H groups in total. The summed E-state index contributed by atoms with van der Waals surface area (Å²) in [7, 11) is 3.26. The molecule has 2 unspecified atom stereocenters. The molecule has 39 heavy (non-hydrogen) atoms. The predicted octanol–water partition coefficient (Wildman–Crippen LogP) is 5.91. The van der Waals surface area contributed by atoms with Gasteiger partial charge in [-0.25, -0.2) is 4.79 Å². The van der Waals surface area contributed by atoms with Gasteiger partial charge in [-0.15, -0.1) is 0 Å². The predicted molar refractivity (Wildman–Crippen MR) is 152 cm³/mol. The molecule has 8 nitrogen and oxygen atoms in total. The van der Waals surface area contributed by atoms with Gasteiger partial charge in [0.05, 0.1) is 19.9 Å². The van der Waals surface area contributed by atoms with Crippen molar-refractivity contribution in [1.29, 1.82) is 0 Å². The molecule has 2 aliphatic heterocycles. The van der Waals surface area contributed by atoms with Crippen LogP contribution in [0.4, 0.5) is 4.79 Å². The third-order valence-corrected chi connectivity index (χ3v) is 7.76. The molecule has 5 rings (SSSR count). The summed E-state index contributed by atoms with van der Waals surface area (Å²) in [6.45, 7) is 12.5. The Bertz CT molecular complexity index is 1390. The van der Waals surface area contributed by atoms with Gasteiger partial charge in [-0.2, -0.15) is 0 Å². The van der Waals surface area contributed by atoms with Gasteiger partial charge in [-0.05, 0) is 68.7 Å². The molecule has 0 aliphatic carbocycles. The number of nitrogens with zero attached hydrogens (tertiary/aromatic N) is 2. The maximum atomic E-state index is 13.6. The van der Waals surface area contributed by atoms with Crippen LogP contribution in [0.25, 0.3) is 22.2 Å². The van der Waals surface area contributed by atoms with Crippen molar-refractivity contribution < 1.29 is 23.8 Å². The zero-order chi connectivity index (χ0) is 28.1. The van der Waals surface area contributed by atoms with Crippen LogP contribution in [-0.2, 0) is 4.74 Å². The summed E-state index contributed by atoms with van der Waals surface area (Å²) in [5.74, 6) is 2.18. The Morgan fingerprint density at radius 2 is 1.54 bits per heavy atom. The maximum Gasteiger partial charge on any atom is 0.410 e. The average molecular weight is 534 g/mol. The van der Waals surface area contributed by atoms with Crippen LogP contribution in [0, 0.1) is 11.8 Å². The fourth-order valence-corrected chi connectivity index (χ4v) is 5.98. The lowest BCUT2D eigenvalue weighted by Gasteiger charge is -2.26. The summed E-state index contributed by atoms with van der Waals surface area (Å²) in [6, 6.07) is 11.8. The van der Waals surface area contributed by atoms with Crippen molar-refractivity contribution in [2.45, 2.75) is 46.1 Å². The fraction of sp³-hybridized carbons (Fsp3) is 0.484. The van der Waals surface area contributed by atoms with Gasteiger partial charge in [-0.1, -0.05) is 13.8 Å². The molecule has 3 heterocycles. The number of methoxy groups -OCH3 is 2. The lowest BCUT2D eigenvalue weighted by molar-refractivity contribution is 0.0275. The van der Waals surface area contributed by atoms with E-state index < -0.39 is 5.60 Å². The summed E-state index contributed by atoms with van der Waals surface area (Å²) in [5.41, 5.74) is 4.35. The number of nitrogens with one attached hydrogen (secondary N) is 1. The van der Waals surface area contributed by atoms with Gasteiger partial charge in [0.15, 0.2) is 11.5 Å². The van der Waals surface area contributed by atoms with Gasteiger partial charge in [0.2, 0.25) is 0 Å². The molecular weight excluding hydrogens is 494 g/mol. The monoisotopic (exact) mass is 533 g/mol. The highest BCUT2D eigenvalue weighted by Crippen LogP contribution is 2.40. The molecule has 2 aliphatic rings. The van der Waals surface area contributed by atoms with Crippen LogP contribution < -0.4 is 9.47 Å². The molecule has 3 aromatic rings. The molecule has 8 heteroatoms. The van der Waals surface area contributed by atoms with Gasteiger partial charge in [0.1, 0.15) is 5.60 Å². The average Bonchev–Trinajstić information content (AvgIpc) is 3.58. The van der Waals surface area contributed by atoms with Crippen LogP contribution >= 0.6 is 0 Å². The Hall–Kier alpha value is -3.68. The minimum atomic E-state index is -0.512. The quantitative estimate of drug-likeness (QED) is 0.441. The molecule has 2 atom stereocenters. The highest BCUT2D eigenvalue weighted by molar-refractivity contribution is 6.01. The number of aromatic nitrogens is 1. The second-order valence-corrected chi connectivity index (χ2v) is 12.0. The number of carbonyl (C=O) groups is 2. The first-order valence-corrected chi connectivity index (χ1v) is 13.6. The number of amides is 2. The summed E-state index contributed by atoms with van der Waals surface area (Å²) < 4.78 is 16.5. The molecule has 208 valence electrons. The van der Waals surface area contributed by atoms with Gasteiger partial charge in [-0.3, -0.25) is 4.79 Å². The van der Waals surface area contributed by atoms with Crippen molar-refractivity contribution in [3.63, 3.8) is 0 Å². The second kappa shape index (κ2) is 10.1. The summed E-state index contributed by atoms with van der Waals surface area (Å²) in [6.07, 6.45) is -0.265. The molecule has 2 fully saturated rings. The van der Waals surface area contributed by atoms with Gasteiger partial charge < -0.3 is 29.0 Å². The first kappa shape index (κ1) is 26.9. The fourth-order valence-electron chi connectivity index (χ4n) is 5.98. The number of rotatable bonds is 5. The van der Waals surface area contributed by atoms with E-state index in [1.807, 2.05) is 62.1 Å². The standard InChI is InChI=1S/C31H39N3O5/c1-18(2)27-23-12-20(8-10-24(23)32-28(27)19-9-11-25(37-6)26(13-19)38-7)29(35)33-14-21-16-34(17-22(21)15-33)30(36)39-31(3,4)5/h8-13,18,21-22,32H,14-17H2,1-7H3. The Morgan fingerprint density at radius 1 is 0.897 bits per heavy atom. The van der Waals surface area contributed by atoms with Crippen molar-refractivity contribution >= 4 is 22.9 Å². The number of aromatic amines is 1. The van der Waals surface area contributed by atoms with E-state index in [4.69, 9.17) is 14.2 Å². The van der Waals surface area contributed by atoms with Crippen molar-refractivity contribution in [2.75, 3.05) is 40.4 Å². The normalized spacial score (nSPS) is 19.1. The SMILES string of the molecule is COc1ccc(-c2[nH]c3ccc(C(=O)N4CC5CN(C(=O)OC(C)(C)C)CC5C4)cc3c2C(C)C)cc1OC. The van der Waals surface area contributed by atoms with Crippen molar-refractivity contribution in [3.05, 3.63) is 47.5 Å².